The zero-order valence-electron chi connectivity index (χ0n) is 13.9. The number of hydrogen-bond donors (Lipinski definition) is 0. The van der Waals surface area contributed by atoms with Crippen LogP contribution in [0.15, 0.2) is 52.1 Å². The van der Waals surface area contributed by atoms with Gasteiger partial charge in [-0.05, 0) is 36.8 Å². The minimum absolute atomic E-state index is 0.202. The highest BCUT2D eigenvalue weighted by Crippen LogP contribution is 2.25. The van der Waals surface area contributed by atoms with Gasteiger partial charge in [0.2, 0.25) is 0 Å². The third kappa shape index (κ3) is 4.73. The number of aryl methyl sites for hydroxylation is 1. The van der Waals surface area contributed by atoms with E-state index in [0.29, 0.717) is 16.9 Å². The molecule has 0 aliphatic carbocycles. The van der Waals surface area contributed by atoms with Gasteiger partial charge in [-0.25, -0.2) is 4.39 Å². The van der Waals surface area contributed by atoms with Gasteiger partial charge in [-0.3, -0.25) is 0 Å². The fraction of sp³-hybridized carbons (Fsp3) is 0.222. The Labute approximate surface area is 149 Å². The number of thioether (sulfide) groups is 1. The summed E-state index contributed by atoms with van der Waals surface area (Å²) < 4.78 is 29.7. The predicted octanol–water partition coefficient (Wildman–Crippen LogP) is 4.40. The summed E-state index contributed by atoms with van der Waals surface area (Å²) in [6.45, 7) is 2.22. The Kier molecular flexibility index (Phi) is 5.55. The standard InChI is InChI=1S/C18H17FN2O3S/c1-12-3-6-14(7-4-12)23-10-17-20-21-18(24-17)25-11-13-5-8-16(22-2)15(19)9-13/h3-9H,10-11H2,1-2H3. The van der Waals surface area contributed by atoms with Crippen molar-refractivity contribution in [1.82, 2.24) is 10.2 Å². The molecule has 0 N–H and O–H groups in total. The first-order chi connectivity index (χ1) is 12.1. The normalized spacial score (nSPS) is 10.7. The average molecular weight is 360 g/mol. The van der Waals surface area contributed by atoms with Crippen LogP contribution >= 0.6 is 11.8 Å². The molecule has 130 valence electrons. The van der Waals surface area contributed by atoms with Crippen molar-refractivity contribution in [3.05, 3.63) is 65.3 Å². The highest BCUT2D eigenvalue weighted by molar-refractivity contribution is 7.98. The minimum Gasteiger partial charge on any atom is -0.494 e. The molecule has 5 nitrogen and oxygen atoms in total. The zero-order chi connectivity index (χ0) is 17.6. The Bertz CT molecular complexity index is 837. The highest BCUT2D eigenvalue weighted by atomic mass is 32.2. The number of halogens is 1. The van der Waals surface area contributed by atoms with Crippen LogP contribution in [0.2, 0.25) is 0 Å². The summed E-state index contributed by atoms with van der Waals surface area (Å²) in [6.07, 6.45) is 0. The third-order valence-electron chi connectivity index (χ3n) is 3.41. The molecule has 0 radical (unpaired) electrons. The fourth-order valence-corrected chi connectivity index (χ4v) is 2.80. The van der Waals surface area contributed by atoms with Gasteiger partial charge in [-0.15, -0.1) is 10.2 Å². The van der Waals surface area contributed by atoms with E-state index >= 15 is 0 Å². The molecule has 25 heavy (non-hydrogen) atoms. The van der Waals surface area contributed by atoms with Crippen LogP contribution in [-0.4, -0.2) is 17.3 Å². The van der Waals surface area contributed by atoms with Crippen LogP contribution in [-0.2, 0) is 12.4 Å². The second-order valence-electron chi connectivity index (χ2n) is 5.32. The molecule has 7 heteroatoms. The molecule has 1 heterocycles. The quantitative estimate of drug-likeness (QED) is 0.582. The van der Waals surface area contributed by atoms with Crippen molar-refractivity contribution in [2.24, 2.45) is 0 Å². The zero-order valence-corrected chi connectivity index (χ0v) is 14.7. The van der Waals surface area contributed by atoms with Crippen molar-refractivity contribution in [1.29, 1.82) is 0 Å². The second-order valence-corrected chi connectivity index (χ2v) is 6.25. The average Bonchev–Trinajstić information content (AvgIpc) is 3.07. The Balaban J connectivity index is 1.53. The summed E-state index contributed by atoms with van der Waals surface area (Å²) in [6, 6.07) is 12.5. The van der Waals surface area contributed by atoms with Crippen molar-refractivity contribution in [2.45, 2.75) is 24.5 Å². The van der Waals surface area contributed by atoms with Crippen LogP contribution in [0.25, 0.3) is 0 Å². The van der Waals surface area contributed by atoms with E-state index in [1.807, 2.05) is 31.2 Å². The molecular weight excluding hydrogens is 343 g/mol. The Morgan fingerprint density at radius 1 is 1.12 bits per heavy atom. The van der Waals surface area contributed by atoms with E-state index in [1.54, 1.807) is 12.1 Å². The molecular formula is C18H17FN2O3S. The lowest BCUT2D eigenvalue weighted by atomic mass is 10.2. The molecule has 0 aliphatic heterocycles. The summed E-state index contributed by atoms with van der Waals surface area (Å²) in [4.78, 5) is 0. The molecule has 0 saturated carbocycles. The van der Waals surface area contributed by atoms with E-state index in [2.05, 4.69) is 10.2 Å². The Hall–Kier alpha value is -2.54. The molecule has 0 atom stereocenters. The molecule has 3 rings (SSSR count). The monoisotopic (exact) mass is 360 g/mol. The maximum atomic E-state index is 13.7. The number of rotatable bonds is 7. The molecule has 0 saturated heterocycles. The van der Waals surface area contributed by atoms with Crippen LogP contribution in [0.3, 0.4) is 0 Å². The highest BCUT2D eigenvalue weighted by Gasteiger charge is 2.09. The van der Waals surface area contributed by atoms with Gasteiger partial charge in [0.1, 0.15) is 5.75 Å². The molecule has 0 fully saturated rings. The van der Waals surface area contributed by atoms with Crippen LogP contribution < -0.4 is 9.47 Å². The molecule has 1 aromatic heterocycles. The van der Waals surface area contributed by atoms with Crippen LogP contribution in [0, 0.1) is 12.7 Å². The molecule has 0 amide bonds. The van der Waals surface area contributed by atoms with Gasteiger partial charge >= 0.3 is 0 Å². The van der Waals surface area contributed by atoms with Gasteiger partial charge in [0.15, 0.2) is 18.2 Å². The number of methoxy groups -OCH3 is 1. The maximum Gasteiger partial charge on any atom is 0.277 e. The summed E-state index contributed by atoms with van der Waals surface area (Å²) in [7, 11) is 1.44. The van der Waals surface area contributed by atoms with Gasteiger partial charge in [0.05, 0.1) is 7.11 Å². The summed E-state index contributed by atoms with van der Waals surface area (Å²) >= 11 is 1.34. The number of nitrogens with zero attached hydrogens (tertiary/aromatic N) is 2. The van der Waals surface area contributed by atoms with E-state index in [1.165, 1.54) is 30.5 Å². The van der Waals surface area contributed by atoms with Gasteiger partial charge < -0.3 is 13.9 Å². The maximum absolute atomic E-state index is 13.7. The van der Waals surface area contributed by atoms with Crippen LogP contribution in [0.1, 0.15) is 17.0 Å². The van der Waals surface area contributed by atoms with Crippen molar-refractivity contribution >= 4 is 11.8 Å². The Morgan fingerprint density at radius 3 is 2.64 bits per heavy atom. The number of aromatic nitrogens is 2. The van der Waals surface area contributed by atoms with Crippen LogP contribution in [0.5, 0.6) is 11.5 Å². The molecule has 0 unspecified atom stereocenters. The summed E-state index contributed by atoms with van der Waals surface area (Å²) in [5.74, 6) is 1.48. The largest absolute Gasteiger partial charge is 0.494 e. The van der Waals surface area contributed by atoms with Crippen molar-refractivity contribution in [3.8, 4) is 11.5 Å². The van der Waals surface area contributed by atoms with Crippen LogP contribution in [0.4, 0.5) is 4.39 Å². The predicted molar refractivity (Wildman–Crippen MR) is 92.3 cm³/mol. The first-order valence-electron chi connectivity index (χ1n) is 7.61. The first kappa shape index (κ1) is 17.3. The topological polar surface area (TPSA) is 57.4 Å². The van der Waals surface area contributed by atoms with Crippen molar-refractivity contribution < 1.29 is 18.3 Å². The smallest absolute Gasteiger partial charge is 0.277 e. The lowest BCUT2D eigenvalue weighted by Gasteiger charge is -2.04. The lowest BCUT2D eigenvalue weighted by molar-refractivity contribution is 0.252. The molecule has 3 aromatic rings. The number of ether oxygens (including phenoxy) is 2. The molecule has 0 aliphatic rings. The minimum atomic E-state index is -0.390. The SMILES string of the molecule is COc1ccc(CSc2nnc(COc3ccc(C)cc3)o2)cc1F. The van der Waals surface area contributed by atoms with Gasteiger partial charge in [0, 0.05) is 5.75 Å². The second kappa shape index (κ2) is 8.02. The first-order valence-corrected chi connectivity index (χ1v) is 8.59. The Morgan fingerprint density at radius 2 is 1.92 bits per heavy atom. The molecule has 0 spiro atoms. The van der Waals surface area contributed by atoms with Crippen molar-refractivity contribution in [3.63, 3.8) is 0 Å². The molecule has 0 bridgehead atoms. The van der Waals surface area contributed by atoms with Gasteiger partial charge in [-0.1, -0.05) is 35.5 Å². The van der Waals surface area contributed by atoms with E-state index in [4.69, 9.17) is 13.9 Å². The van der Waals surface area contributed by atoms with E-state index < -0.39 is 5.82 Å². The summed E-state index contributed by atoms with van der Waals surface area (Å²) in [5.41, 5.74) is 1.97. The van der Waals surface area contributed by atoms with Gasteiger partial charge in [0.25, 0.3) is 11.1 Å². The van der Waals surface area contributed by atoms with E-state index in [0.717, 1.165) is 11.3 Å². The summed E-state index contributed by atoms with van der Waals surface area (Å²) in [5, 5.41) is 8.33. The lowest BCUT2D eigenvalue weighted by Crippen LogP contribution is -1.95. The van der Waals surface area contributed by atoms with E-state index in [-0.39, 0.29) is 12.4 Å². The van der Waals surface area contributed by atoms with E-state index in [9.17, 15) is 4.39 Å². The number of hydrogen-bond acceptors (Lipinski definition) is 6. The molecule has 2 aromatic carbocycles. The number of benzene rings is 2. The fourth-order valence-electron chi connectivity index (χ4n) is 2.08. The van der Waals surface area contributed by atoms with Crippen molar-refractivity contribution in [2.75, 3.05) is 7.11 Å². The third-order valence-corrected chi connectivity index (χ3v) is 4.30. The van der Waals surface area contributed by atoms with Gasteiger partial charge in [-0.2, -0.15) is 0 Å².